The molecule has 1 aliphatic heterocycles. The van der Waals surface area contributed by atoms with Crippen molar-refractivity contribution in [2.75, 3.05) is 19.0 Å². The monoisotopic (exact) mass is 321 g/mol. The number of carbonyl (C=O) groups excluding carboxylic acids is 1. The molecule has 2 aromatic rings. The third-order valence-corrected chi connectivity index (χ3v) is 4.25. The Bertz CT molecular complexity index is 735. The molecule has 0 bridgehead atoms. The molecule has 0 radical (unpaired) electrons. The van der Waals surface area contributed by atoms with Crippen LogP contribution in [-0.4, -0.2) is 25.0 Å². The van der Waals surface area contributed by atoms with Gasteiger partial charge in [-0.15, -0.1) is 0 Å². The summed E-state index contributed by atoms with van der Waals surface area (Å²) in [5, 5.41) is 1.73. The van der Waals surface area contributed by atoms with E-state index in [-0.39, 0.29) is 11.9 Å². The fourth-order valence-electron chi connectivity index (χ4n) is 2.85. The molecule has 0 aliphatic carbocycles. The van der Waals surface area contributed by atoms with Gasteiger partial charge in [-0.1, -0.05) is 49.4 Å². The molecule has 1 atom stereocenters. The van der Waals surface area contributed by atoms with Crippen LogP contribution in [0.2, 0.25) is 0 Å². The Balaban J connectivity index is 1.94. The van der Waals surface area contributed by atoms with Crippen molar-refractivity contribution in [3.63, 3.8) is 0 Å². The first kappa shape index (κ1) is 16.1. The first-order valence-corrected chi connectivity index (χ1v) is 8.23. The molecule has 0 saturated carbocycles. The van der Waals surface area contributed by atoms with E-state index in [1.807, 2.05) is 51.4 Å². The summed E-state index contributed by atoms with van der Waals surface area (Å²) in [6, 6.07) is 18.3. The summed E-state index contributed by atoms with van der Waals surface area (Å²) in [5.41, 5.74) is 7.57. The van der Waals surface area contributed by atoms with Gasteiger partial charge in [-0.3, -0.25) is 10.2 Å². The van der Waals surface area contributed by atoms with E-state index in [4.69, 9.17) is 0 Å². The van der Waals surface area contributed by atoms with Crippen LogP contribution in [0.25, 0.3) is 5.70 Å². The van der Waals surface area contributed by atoms with Gasteiger partial charge < -0.3 is 4.90 Å². The zero-order chi connectivity index (χ0) is 17.1. The summed E-state index contributed by atoms with van der Waals surface area (Å²) < 4.78 is 0. The van der Waals surface area contributed by atoms with E-state index < -0.39 is 0 Å². The normalized spacial score (nSPS) is 16.5. The van der Waals surface area contributed by atoms with Crippen LogP contribution in [-0.2, 0) is 4.79 Å². The number of nitrogens with zero attached hydrogens (tertiary/aromatic N) is 2. The van der Waals surface area contributed by atoms with Crippen molar-refractivity contribution in [2.45, 2.75) is 19.4 Å². The van der Waals surface area contributed by atoms with Crippen LogP contribution in [0.5, 0.6) is 0 Å². The van der Waals surface area contributed by atoms with Crippen molar-refractivity contribution in [3.05, 3.63) is 71.8 Å². The van der Waals surface area contributed by atoms with Crippen LogP contribution in [0.1, 0.15) is 30.5 Å². The fourth-order valence-corrected chi connectivity index (χ4v) is 2.85. The number of rotatable bonds is 4. The number of anilines is 1. The van der Waals surface area contributed by atoms with E-state index in [0.29, 0.717) is 6.42 Å². The summed E-state index contributed by atoms with van der Waals surface area (Å²) in [5.74, 6) is 0.0823. The van der Waals surface area contributed by atoms with Gasteiger partial charge in [0.2, 0.25) is 5.91 Å². The second-order valence-electron chi connectivity index (χ2n) is 6.11. The van der Waals surface area contributed by atoms with Gasteiger partial charge in [-0.25, -0.2) is 5.01 Å². The van der Waals surface area contributed by atoms with Crippen molar-refractivity contribution in [1.29, 1.82) is 0 Å². The maximum atomic E-state index is 12.4. The van der Waals surface area contributed by atoms with Crippen molar-refractivity contribution in [3.8, 4) is 0 Å². The first-order valence-electron chi connectivity index (χ1n) is 8.23. The topological polar surface area (TPSA) is 35.6 Å². The molecule has 124 valence electrons. The molecule has 0 fully saturated rings. The van der Waals surface area contributed by atoms with E-state index in [1.54, 1.807) is 5.01 Å². The molecular weight excluding hydrogens is 298 g/mol. The Hall–Kier alpha value is -2.75. The molecule has 4 nitrogen and oxygen atoms in total. The van der Waals surface area contributed by atoms with Gasteiger partial charge in [0.15, 0.2) is 0 Å². The molecule has 1 aliphatic rings. The summed E-state index contributed by atoms with van der Waals surface area (Å²) >= 11 is 0. The average molecular weight is 321 g/mol. The van der Waals surface area contributed by atoms with Crippen LogP contribution < -0.4 is 10.3 Å². The van der Waals surface area contributed by atoms with Gasteiger partial charge in [0.1, 0.15) is 0 Å². The zero-order valence-electron chi connectivity index (χ0n) is 14.4. The van der Waals surface area contributed by atoms with E-state index in [9.17, 15) is 4.79 Å². The highest BCUT2D eigenvalue weighted by Crippen LogP contribution is 2.32. The number of carbonyl (C=O) groups is 1. The van der Waals surface area contributed by atoms with E-state index in [2.05, 4.69) is 40.7 Å². The molecule has 0 unspecified atom stereocenters. The van der Waals surface area contributed by atoms with Crippen LogP contribution >= 0.6 is 0 Å². The highest BCUT2D eigenvalue weighted by molar-refractivity contribution is 5.80. The predicted molar refractivity (Wildman–Crippen MR) is 98.2 cm³/mol. The van der Waals surface area contributed by atoms with Crippen molar-refractivity contribution in [1.82, 2.24) is 10.4 Å². The minimum Gasteiger partial charge on any atom is -0.378 e. The number of hydrogen-bond donors (Lipinski definition) is 1. The van der Waals surface area contributed by atoms with Gasteiger partial charge in [0, 0.05) is 26.2 Å². The van der Waals surface area contributed by atoms with Crippen molar-refractivity contribution >= 4 is 17.3 Å². The quantitative estimate of drug-likeness (QED) is 0.935. The lowest BCUT2D eigenvalue weighted by Crippen LogP contribution is -2.39. The lowest BCUT2D eigenvalue weighted by atomic mass is 10.0. The minimum absolute atomic E-state index is 0.0823. The fraction of sp³-hybridized carbons (Fsp3) is 0.250. The first-order chi connectivity index (χ1) is 11.6. The average Bonchev–Trinajstić information content (AvgIpc) is 3.07. The highest BCUT2D eigenvalue weighted by Gasteiger charge is 2.29. The minimum atomic E-state index is -0.0936. The van der Waals surface area contributed by atoms with Gasteiger partial charge in [-0.05, 0) is 29.3 Å². The molecule has 3 rings (SSSR count). The number of hydrogen-bond acceptors (Lipinski definition) is 3. The number of amides is 1. The predicted octanol–water partition coefficient (Wildman–Crippen LogP) is 3.59. The number of nitrogens with one attached hydrogen (secondary N) is 1. The summed E-state index contributed by atoms with van der Waals surface area (Å²) in [6.45, 7) is 1.89. The van der Waals surface area contributed by atoms with Gasteiger partial charge >= 0.3 is 0 Å². The summed E-state index contributed by atoms with van der Waals surface area (Å²) in [4.78, 5) is 14.4. The van der Waals surface area contributed by atoms with Crippen molar-refractivity contribution < 1.29 is 4.79 Å². The third-order valence-electron chi connectivity index (χ3n) is 4.25. The molecule has 0 saturated heterocycles. The molecule has 4 heteroatoms. The molecule has 1 N–H and O–H groups in total. The van der Waals surface area contributed by atoms with Gasteiger partial charge in [0.25, 0.3) is 0 Å². The van der Waals surface area contributed by atoms with Crippen LogP contribution in [0.15, 0.2) is 60.7 Å². The van der Waals surface area contributed by atoms with Gasteiger partial charge in [-0.2, -0.15) is 0 Å². The standard InChI is InChI=1S/C20H23N3O/c1-4-20(24)23-19(16-10-12-17(13-11-16)22(2)3)14-18(21-23)15-8-6-5-7-9-15/h5-14,19,21H,4H2,1-3H3/t19-/m1/s1. The van der Waals surface area contributed by atoms with Gasteiger partial charge in [0.05, 0.1) is 11.7 Å². The summed E-state index contributed by atoms with van der Waals surface area (Å²) in [7, 11) is 4.04. The molecule has 0 aromatic heterocycles. The third kappa shape index (κ3) is 3.13. The molecule has 1 amide bonds. The second-order valence-corrected chi connectivity index (χ2v) is 6.11. The van der Waals surface area contributed by atoms with Crippen LogP contribution in [0.3, 0.4) is 0 Å². The van der Waals surface area contributed by atoms with E-state index in [1.165, 1.54) is 0 Å². The lowest BCUT2D eigenvalue weighted by molar-refractivity contribution is -0.134. The Labute approximate surface area is 143 Å². The maximum absolute atomic E-state index is 12.4. The Morgan fingerprint density at radius 2 is 1.75 bits per heavy atom. The Morgan fingerprint density at radius 3 is 2.33 bits per heavy atom. The maximum Gasteiger partial charge on any atom is 0.241 e. The number of hydrazine groups is 1. The zero-order valence-corrected chi connectivity index (χ0v) is 14.4. The number of benzene rings is 2. The molecule has 2 aromatic carbocycles. The SMILES string of the molecule is CCC(=O)N1NC(c2ccccc2)=C[C@@H]1c1ccc(N(C)C)cc1. The van der Waals surface area contributed by atoms with Crippen LogP contribution in [0.4, 0.5) is 5.69 Å². The lowest BCUT2D eigenvalue weighted by Gasteiger charge is -2.25. The largest absolute Gasteiger partial charge is 0.378 e. The summed E-state index contributed by atoms with van der Waals surface area (Å²) in [6.07, 6.45) is 2.59. The van der Waals surface area contributed by atoms with Crippen LogP contribution in [0, 0.1) is 0 Å². The highest BCUT2D eigenvalue weighted by atomic mass is 16.2. The molecule has 24 heavy (non-hydrogen) atoms. The molecule has 0 spiro atoms. The van der Waals surface area contributed by atoms with E-state index in [0.717, 1.165) is 22.5 Å². The smallest absolute Gasteiger partial charge is 0.241 e. The van der Waals surface area contributed by atoms with E-state index >= 15 is 0 Å². The molecule has 1 heterocycles. The Morgan fingerprint density at radius 1 is 1.08 bits per heavy atom. The van der Waals surface area contributed by atoms with Crippen molar-refractivity contribution in [2.24, 2.45) is 0 Å². The Kier molecular flexibility index (Phi) is 4.56. The molecular formula is C20H23N3O. The second kappa shape index (κ2) is 6.79.